The van der Waals surface area contributed by atoms with Crippen molar-refractivity contribution in [1.82, 2.24) is 0 Å². The van der Waals surface area contributed by atoms with Crippen molar-refractivity contribution in [2.24, 2.45) is 5.73 Å². The average molecular weight is 147 g/mol. The van der Waals surface area contributed by atoms with E-state index < -0.39 is 11.9 Å². The summed E-state index contributed by atoms with van der Waals surface area (Å²) < 4.78 is 4.51. The Labute approximate surface area is 57.8 Å². The van der Waals surface area contributed by atoms with Crippen LogP contribution in [0.3, 0.4) is 0 Å². The fourth-order valence-electron chi connectivity index (χ4n) is 0.332. The van der Waals surface area contributed by atoms with E-state index in [1.165, 1.54) is 0 Å². The average Bonchev–Trinajstić information content (AvgIpc) is 1.79. The minimum absolute atomic E-state index is 0.0628. The van der Waals surface area contributed by atoms with Gasteiger partial charge in [0.1, 0.15) is 6.61 Å². The molecule has 1 amide bonds. The molecule has 10 heavy (non-hydrogen) atoms. The number of nitrogens with two attached hydrogens (primary N) is 1. The lowest BCUT2D eigenvalue weighted by Gasteiger charge is -1.96. The highest BCUT2D eigenvalue weighted by atomic mass is 16.5. The molecule has 0 aromatic heterocycles. The van der Waals surface area contributed by atoms with E-state index in [9.17, 15) is 9.59 Å². The molecule has 5 nitrogen and oxygen atoms in total. The van der Waals surface area contributed by atoms with Gasteiger partial charge >= 0.3 is 5.97 Å². The van der Waals surface area contributed by atoms with E-state index in [4.69, 9.17) is 10.8 Å². The first kappa shape index (κ1) is 8.90. The van der Waals surface area contributed by atoms with Crippen LogP contribution in [0.2, 0.25) is 0 Å². The largest absolute Gasteiger partial charge is 0.480 e. The lowest BCUT2D eigenvalue weighted by molar-refractivity contribution is -0.142. The fraction of sp³-hybridized carbons (Fsp3) is 0.600. The zero-order valence-corrected chi connectivity index (χ0v) is 5.37. The van der Waals surface area contributed by atoms with Crippen LogP contribution in [0.15, 0.2) is 0 Å². The van der Waals surface area contributed by atoms with Crippen LogP contribution >= 0.6 is 0 Å². The molecule has 0 rings (SSSR count). The molecule has 0 aromatic rings. The van der Waals surface area contributed by atoms with E-state index in [0.717, 1.165) is 0 Å². The zero-order chi connectivity index (χ0) is 7.98. The summed E-state index contributed by atoms with van der Waals surface area (Å²) in [5.41, 5.74) is 4.74. The summed E-state index contributed by atoms with van der Waals surface area (Å²) in [5.74, 6) is -1.55. The van der Waals surface area contributed by atoms with Crippen LogP contribution in [-0.4, -0.2) is 30.2 Å². The van der Waals surface area contributed by atoms with Gasteiger partial charge in [0, 0.05) is 6.42 Å². The quantitative estimate of drug-likeness (QED) is 0.486. The maximum atomic E-state index is 10.0. The third kappa shape index (κ3) is 6.90. The number of primary amides is 1. The molecular formula is C5H9NO4. The van der Waals surface area contributed by atoms with Crippen LogP contribution in [0.25, 0.3) is 0 Å². The number of carbonyl (C=O) groups is 2. The molecule has 0 aliphatic rings. The highest BCUT2D eigenvalue weighted by Crippen LogP contribution is 1.79. The van der Waals surface area contributed by atoms with Crippen LogP contribution in [0.1, 0.15) is 6.42 Å². The minimum Gasteiger partial charge on any atom is -0.480 e. The molecule has 0 saturated carbocycles. The molecule has 0 aromatic carbocycles. The molecule has 0 unspecified atom stereocenters. The van der Waals surface area contributed by atoms with E-state index in [1.54, 1.807) is 0 Å². The Morgan fingerprint density at radius 1 is 1.50 bits per heavy atom. The van der Waals surface area contributed by atoms with Gasteiger partial charge < -0.3 is 15.6 Å². The number of aliphatic carboxylic acids is 1. The number of carbonyl (C=O) groups excluding carboxylic acids is 1. The fourth-order valence-corrected chi connectivity index (χ4v) is 0.332. The van der Waals surface area contributed by atoms with Gasteiger partial charge in [-0.3, -0.25) is 4.79 Å². The van der Waals surface area contributed by atoms with Crippen molar-refractivity contribution in [3.8, 4) is 0 Å². The smallest absolute Gasteiger partial charge is 0.329 e. The molecule has 5 heteroatoms. The maximum absolute atomic E-state index is 10.0. The Hall–Kier alpha value is -1.10. The number of hydrogen-bond acceptors (Lipinski definition) is 3. The first-order valence-electron chi connectivity index (χ1n) is 2.70. The molecule has 0 aliphatic heterocycles. The lowest BCUT2D eigenvalue weighted by Crippen LogP contribution is -2.15. The molecule has 3 N–H and O–H groups in total. The molecule has 0 bridgehead atoms. The van der Waals surface area contributed by atoms with Gasteiger partial charge in [-0.15, -0.1) is 0 Å². The van der Waals surface area contributed by atoms with Crippen LogP contribution in [0.5, 0.6) is 0 Å². The van der Waals surface area contributed by atoms with E-state index >= 15 is 0 Å². The van der Waals surface area contributed by atoms with Gasteiger partial charge in [0.2, 0.25) is 5.91 Å². The maximum Gasteiger partial charge on any atom is 0.329 e. The molecule has 0 spiro atoms. The normalized spacial score (nSPS) is 9.20. The summed E-state index contributed by atoms with van der Waals surface area (Å²) in [7, 11) is 0. The van der Waals surface area contributed by atoms with E-state index in [2.05, 4.69) is 4.74 Å². The number of carboxylic acids is 1. The molecule has 58 valence electrons. The van der Waals surface area contributed by atoms with Crippen LogP contribution in [0, 0.1) is 0 Å². The van der Waals surface area contributed by atoms with Crippen LogP contribution in [0.4, 0.5) is 0 Å². The molecular weight excluding hydrogens is 138 g/mol. The predicted molar refractivity (Wildman–Crippen MR) is 32.3 cm³/mol. The van der Waals surface area contributed by atoms with Crippen molar-refractivity contribution < 1.29 is 19.4 Å². The third-order valence-electron chi connectivity index (χ3n) is 0.718. The number of hydrogen-bond donors (Lipinski definition) is 2. The van der Waals surface area contributed by atoms with Gasteiger partial charge in [-0.1, -0.05) is 0 Å². The topological polar surface area (TPSA) is 89.6 Å². The van der Waals surface area contributed by atoms with Crippen LogP contribution in [-0.2, 0) is 14.3 Å². The van der Waals surface area contributed by atoms with Crippen molar-refractivity contribution in [1.29, 1.82) is 0 Å². The van der Waals surface area contributed by atoms with Crippen molar-refractivity contribution in [2.45, 2.75) is 6.42 Å². The van der Waals surface area contributed by atoms with Gasteiger partial charge in [0.05, 0.1) is 6.61 Å². The third-order valence-corrected chi connectivity index (χ3v) is 0.718. The van der Waals surface area contributed by atoms with Gasteiger partial charge in [-0.05, 0) is 0 Å². The number of ether oxygens (including phenoxy) is 1. The Balaban J connectivity index is 3.06. The highest BCUT2D eigenvalue weighted by molar-refractivity contribution is 5.73. The summed E-state index contributed by atoms with van der Waals surface area (Å²) in [4.78, 5) is 19.8. The van der Waals surface area contributed by atoms with Crippen molar-refractivity contribution in [3.63, 3.8) is 0 Å². The Morgan fingerprint density at radius 3 is 2.50 bits per heavy atom. The molecule has 0 heterocycles. The molecule has 0 fully saturated rings. The standard InChI is InChI=1S/C5H9NO4/c6-4(7)1-2-10-3-5(8)9/h1-3H2,(H2,6,7)(H,8,9). The van der Waals surface area contributed by atoms with Crippen molar-refractivity contribution in [2.75, 3.05) is 13.2 Å². The molecule has 0 atom stereocenters. The first-order chi connectivity index (χ1) is 4.63. The summed E-state index contributed by atoms with van der Waals surface area (Å²) in [6.45, 7) is -0.311. The number of amides is 1. The monoisotopic (exact) mass is 147 g/mol. The van der Waals surface area contributed by atoms with Crippen molar-refractivity contribution >= 4 is 11.9 Å². The van der Waals surface area contributed by atoms with Gasteiger partial charge in [-0.2, -0.15) is 0 Å². The van der Waals surface area contributed by atoms with Crippen molar-refractivity contribution in [3.05, 3.63) is 0 Å². The first-order valence-corrected chi connectivity index (χ1v) is 2.70. The number of rotatable bonds is 5. The number of carboxylic acid groups (broad SMARTS) is 1. The van der Waals surface area contributed by atoms with Gasteiger partial charge in [0.15, 0.2) is 0 Å². The van der Waals surface area contributed by atoms with E-state index in [0.29, 0.717) is 0 Å². The SMILES string of the molecule is NC(=O)CCOCC(=O)O. The van der Waals surface area contributed by atoms with Crippen LogP contribution < -0.4 is 5.73 Å². The van der Waals surface area contributed by atoms with E-state index in [1.807, 2.05) is 0 Å². The Morgan fingerprint density at radius 2 is 2.10 bits per heavy atom. The second-order valence-electron chi connectivity index (χ2n) is 1.66. The Bertz CT molecular complexity index is 118. The van der Waals surface area contributed by atoms with Gasteiger partial charge in [-0.25, -0.2) is 4.79 Å². The lowest BCUT2D eigenvalue weighted by atomic mass is 10.4. The predicted octanol–water partition coefficient (Wildman–Crippen LogP) is -1.04. The Kier molecular flexibility index (Phi) is 4.23. The highest BCUT2D eigenvalue weighted by Gasteiger charge is 1.97. The second kappa shape index (κ2) is 4.75. The molecule has 0 aliphatic carbocycles. The summed E-state index contributed by atoms with van der Waals surface area (Å²) >= 11 is 0. The second-order valence-corrected chi connectivity index (χ2v) is 1.66. The summed E-state index contributed by atoms with van der Waals surface area (Å²) in [6, 6.07) is 0. The minimum atomic E-state index is -1.05. The zero-order valence-electron chi connectivity index (χ0n) is 5.37. The summed E-state index contributed by atoms with van der Waals surface area (Å²) in [5, 5.41) is 8.04. The molecule has 0 saturated heterocycles. The van der Waals surface area contributed by atoms with E-state index in [-0.39, 0.29) is 19.6 Å². The summed E-state index contributed by atoms with van der Waals surface area (Å²) in [6.07, 6.45) is 0.0628. The molecule has 0 radical (unpaired) electrons. The van der Waals surface area contributed by atoms with Gasteiger partial charge in [0.25, 0.3) is 0 Å².